The molecule has 1 aromatic heterocycles. The number of imidazole rings is 1. The van der Waals surface area contributed by atoms with Crippen LogP contribution in [0.15, 0.2) is 35.1 Å². The quantitative estimate of drug-likeness (QED) is 0.745. The minimum Gasteiger partial charge on any atom is -0.313 e. The zero-order valence-corrected chi connectivity index (χ0v) is 17.0. The molecule has 1 unspecified atom stereocenters. The molecule has 3 heterocycles. The normalized spacial score (nSPS) is 22.2. The highest BCUT2D eigenvalue weighted by molar-refractivity contribution is 8.69. The number of nitrogens with zero attached hydrogens (tertiary/aromatic N) is 4. The molecule has 4 nitrogen and oxygen atoms in total. The fraction of sp³-hybridized carbons (Fsp3) is 0.375. The minimum absolute atomic E-state index is 0.792. The van der Waals surface area contributed by atoms with E-state index in [1.807, 2.05) is 6.07 Å². The van der Waals surface area contributed by atoms with Crippen molar-refractivity contribution in [2.75, 3.05) is 12.5 Å². The van der Waals surface area contributed by atoms with Gasteiger partial charge >= 0.3 is 0 Å². The predicted molar refractivity (Wildman–Crippen MR) is 108 cm³/mol. The van der Waals surface area contributed by atoms with Gasteiger partial charge in [0.1, 0.15) is 16.2 Å². The summed E-state index contributed by atoms with van der Waals surface area (Å²) in [5.41, 5.74) is 0.200. The first-order valence-electron chi connectivity index (χ1n) is 7.88. The van der Waals surface area contributed by atoms with Crippen LogP contribution in [0.2, 0.25) is 0 Å². The van der Waals surface area contributed by atoms with Gasteiger partial charge in [0.05, 0.1) is 6.54 Å². The molecule has 2 aliphatic rings. The summed E-state index contributed by atoms with van der Waals surface area (Å²) in [6, 6.07) is 10.5. The maximum atomic E-state index is 6.09. The summed E-state index contributed by atoms with van der Waals surface area (Å²) >= 11 is 9.55. The number of hydrogen-bond donors (Lipinski definition) is 0. The Balaban J connectivity index is 1.91. The van der Waals surface area contributed by atoms with Crippen LogP contribution >= 0.6 is 28.7 Å². The van der Waals surface area contributed by atoms with E-state index >= 15 is 0 Å². The van der Waals surface area contributed by atoms with Crippen LogP contribution in [0.4, 0.5) is 0 Å². The Morgan fingerprint density at radius 1 is 1.25 bits per heavy atom. The van der Waals surface area contributed by atoms with E-state index in [0.717, 1.165) is 36.8 Å². The molecule has 0 fully saturated rings. The maximum absolute atomic E-state index is 6.09. The van der Waals surface area contributed by atoms with Crippen molar-refractivity contribution in [3.8, 4) is 0 Å². The van der Waals surface area contributed by atoms with Gasteiger partial charge in [0.15, 0.2) is 5.49 Å². The largest absolute Gasteiger partial charge is 0.313 e. The third-order valence-corrected chi connectivity index (χ3v) is 11.6. The number of aryl methyl sites for hydroxylation is 1. The van der Waals surface area contributed by atoms with E-state index in [9.17, 15) is 0 Å². The van der Waals surface area contributed by atoms with E-state index in [0.29, 0.717) is 0 Å². The summed E-state index contributed by atoms with van der Waals surface area (Å²) < 4.78 is 9.70. The first kappa shape index (κ1) is 16.7. The second-order valence-electron chi connectivity index (χ2n) is 5.78. The number of aromatic nitrogens is 2. The molecule has 1 aromatic carbocycles. The minimum atomic E-state index is -2.08. The van der Waals surface area contributed by atoms with Crippen LogP contribution in [0.25, 0.3) is 5.03 Å². The monoisotopic (exact) mass is 394 g/mol. The summed E-state index contributed by atoms with van der Waals surface area (Å²) in [6.45, 7) is 1.81. The summed E-state index contributed by atoms with van der Waals surface area (Å²) in [4.78, 5) is 4.91. The van der Waals surface area contributed by atoms with Gasteiger partial charge in [-0.15, -0.1) is 11.8 Å². The molecule has 0 amide bonds. The van der Waals surface area contributed by atoms with E-state index in [-0.39, 0.29) is 0 Å². The van der Waals surface area contributed by atoms with Gasteiger partial charge in [-0.05, 0) is 36.3 Å². The second kappa shape index (κ2) is 6.52. The molecule has 4 rings (SSSR count). The molecular weight excluding hydrogens is 375 g/mol. The maximum Gasteiger partial charge on any atom is 0.200 e. The lowest BCUT2D eigenvalue weighted by Gasteiger charge is -2.35. The van der Waals surface area contributed by atoms with Gasteiger partial charge in [0.25, 0.3) is 0 Å². The lowest BCUT2D eigenvalue weighted by atomic mass is 10.2. The third kappa shape index (κ3) is 2.66. The fourth-order valence-electron chi connectivity index (χ4n) is 3.23. The van der Waals surface area contributed by atoms with Crippen molar-refractivity contribution < 1.29 is 0 Å². The highest BCUT2D eigenvalue weighted by Crippen LogP contribution is 2.65. The van der Waals surface area contributed by atoms with Crippen LogP contribution in [0.1, 0.15) is 17.8 Å². The topological polar surface area (TPSA) is 33.4 Å². The van der Waals surface area contributed by atoms with Crippen molar-refractivity contribution in [2.45, 2.75) is 25.9 Å². The van der Waals surface area contributed by atoms with Crippen molar-refractivity contribution in [3.63, 3.8) is 0 Å². The summed E-state index contributed by atoms with van der Waals surface area (Å²) in [7, 11) is 0. The summed E-state index contributed by atoms with van der Waals surface area (Å²) in [5.74, 6) is 1.17. The fourth-order valence-corrected chi connectivity index (χ4v) is 8.37. The molecule has 1 atom stereocenters. The highest BCUT2D eigenvalue weighted by Gasteiger charge is 2.33. The Morgan fingerprint density at radius 3 is 2.75 bits per heavy atom. The zero-order chi connectivity index (χ0) is 16.7. The average molecular weight is 395 g/mol. The van der Waals surface area contributed by atoms with Gasteiger partial charge in [0.2, 0.25) is 5.54 Å². The van der Waals surface area contributed by atoms with Gasteiger partial charge in [-0.2, -0.15) is 0 Å². The lowest BCUT2D eigenvalue weighted by molar-refractivity contribution is 0.628. The Labute approximate surface area is 155 Å². The van der Waals surface area contributed by atoms with E-state index < -0.39 is 5.54 Å². The van der Waals surface area contributed by atoms with Gasteiger partial charge < -0.3 is 9.24 Å². The highest BCUT2D eigenvalue weighted by atomic mass is 32.9. The number of hydrogen-bond acceptors (Lipinski definition) is 4. The molecule has 8 heteroatoms. The SMILES string of the molecule is CSC1=c2nc3n(c2=NP(=S)(SC)N1Cc1ccccc1)CCC3. The average Bonchev–Trinajstić information content (AvgIpc) is 3.18. The molecule has 0 spiro atoms. The van der Waals surface area contributed by atoms with Gasteiger partial charge in [-0.25, -0.2) is 9.75 Å². The molecule has 0 bridgehead atoms. The second-order valence-corrected chi connectivity index (χ2v) is 13.4. The van der Waals surface area contributed by atoms with Gasteiger partial charge in [-0.1, -0.05) is 41.7 Å². The van der Waals surface area contributed by atoms with E-state index in [2.05, 4.69) is 46.0 Å². The molecule has 126 valence electrons. The molecule has 24 heavy (non-hydrogen) atoms. The van der Waals surface area contributed by atoms with E-state index in [4.69, 9.17) is 21.6 Å². The van der Waals surface area contributed by atoms with E-state index in [1.54, 1.807) is 23.1 Å². The predicted octanol–water partition coefficient (Wildman–Crippen LogP) is 2.98. The molecule has 2 aromatic rings. The Hall–Kier alpha value is -0.750. The number of thioether (sulfide) groups is 1. The van der Waals surface area contributed by atoms with Crippen molar-refractivity contribution in [3.05, 3.63) is 52.6 Å². The van der Waals surface area contributed by atoms with Crippen LogP contribution in [0, 0.1) is 0 Å². The molecule has 0 aliphatic carbocycles. The smallest absolute Gasteiger partial charge is 0.200 e. The molecule has 0 saturated carbocycles. The van der Waals surface area contributed by atoms with Gasteiger partial charge in [0, 0.05) is 13.0 Å². The number of rotatable bonds is 4. The first-order valence-corrected chi connectivity index (χ1v) is 13.6. The van der Waals surface area contributed by atoms with Crippen LogP contribution in [-0.4, -0.2) is 26.7 Å². The molecular formula is C16H19N4PS3. The Morgan fingerprint density at radius 2 is 2.04 bits per heavy atom. The van der Waals surface area contributed by atoms with Gasteiger partial charge in [-0.3, -0.25) is 0 Å². The Bertz CT molecular complexity index is 938. The van der Waals surface area contributed by atoms with Crippen LogP contribution < -0.4 is 10.8 Å². The number of fused-ring (bicyclic) bond motifs is 3. The van der Waals surface area contributed by atoms with Crippen molar-refractivity contribution in [1.82, 2.24) is 14.2 Å². The first-order chi connectivity index (χ1) is 11.7. The lowest BCUT2D eigenvalue weighted by Crippen LogP contribution is -2.39. The van der Waals surface area contributed by atoms with Crippen LogP contribution in [0.3, 0.4) is 0 Å². The molecule has 0 saturated heterocycles. The third-order valence-electron chi connectivity index (χ3n) is 4.37. The zero-order valence-electron chi connectivity index (χ0n) is 13.7. The number of benzene rings is 1. The summed E-state index contributed by atoms with van der Waals surface area (Å²) in [5, 5.41) is 2.21. The van der Waals surface area contributed by atoms with E-state index in [1.165, 1.54) is 16.4 Å². The molecule has 0 N–H and O–H groups in total. The Kier molecular flexibility index (Phi) is 4.54. The van der Waals surface area contributed by atoms with Crippen molar-refractivity contribution >= 4 is 45.5 Å². The molecule has 0 radical (unpaired) electrons. The molecule has 2 aliphatic heterocycles. The van der Waals surface area contributed by atoms with Crippen LogP contribution in [-0.2, 0) is 31.3 Å². The standard InChI is InChI=1S/C16H19N4PS3/c1-23-16-14-15(19-10-6-9-13(19)17-14)18-21(22,24-2)20(16)11-12-7-4-3-5-8-12/h3-5,7-8H,6,9-11H2,1-2H3. The summed E-state index contributed by atoms with van der Waals surface area (Å²) in [6.07, 6.45) is 6.42. The van der Waals surface area contributed by atoms with Crippen LogP contribution in [0.5, 0.6) is 0 Å². The van der Waals surface area contributed by atoms with Crippen molar-refractivity contribution in [1.29, 1.82) is 0 Å². The van der Waals surface area contributed by atoms with Crippen molar-refractivity contribution in [2.24, 2.45) is 4.76 Å².